The second-order valence-electron chi connectivity index (χ2n) is 4.42. The molecule has 0 saturated heterocycles. The Kier molecular flexibility index (Phi) is 3.48. The number of nitrogens with zero attached hydrogens (tertiary/aromatic N) is 2. The van der Waals surface area contributed by atoms with E-state index < -0.39 is 5.54 Å². The van der Waals surface area contributed by atoms with Crippen molar-refractivity contribution in [3.05, 3.63) is 53.6 Å². The van der Waals surface area contributed by atoms with Crippen LogP contribution in [0.25, 0.3) is 0 Å². The van der Waals surface area contributed by atoms with E-state index in [0.717, 1.165) is 17.7 Å². The van der Waals surface area contributed by atoms with Crippen molar-refractivity contribution in [2.75, 3.05) is 0 Å². The van der Waals surface area contributed by atoms with E-state index >= 15 is 0 Å². The van der Waals surface area contributed by atoms with Crippen molar-refractivity contribution in [2.45, 2.75) is 32.4 Å². The van der Waals surface area contributed by atoms with E-state index in [0.29, 0.717) is 6.42 Å². The van der Waals surface area contributed by atoms with Crippen LogP contribution in [0, 0.1) is 5.82 Å². The molecule has 18 heavy (non-hydrogen) atoms. The molecule has 0 amide bonds. The Morgan fingerprint density at radius 2 is 2.11 bits per heavy atom. The second kappa shape index (κ2) is 4.90. The second-order valence-corrected chi connectivity index (χ2v) is 4.42. The average Bonchev–Trinajstić information content (AvgIpc) is 2.87. The maximum atomic E-state index is 13.3. The molecule has 0 saturated carbocycles. The summed E-state index contributed by atoms with van der Waals surface area (Å²) in [5.41, 5.74) is 7.46. The van der Waals surface area contributed by atoms with Crippen LogP contribution in [0.3, 0.4) is 0 Å². The monoisotopic (exact) mass is 247 g/mol. The normalized spacial score (nSPS) is 14.4. The number of hydrogen-bond acceptors (Lipinski definition) is 2. The van der Waals surface area contributed by atoms with Gasteiger partial charge < -0.3 is 5.73 Å². The SMILES string of the molecule is CCn1cc(C(N)(CC)c2cccc(F)c2)cn1. The molecule has 4 heteroatoms. The van der Waals surface area contributed by atoms with E-state index in [1.165, 1.54) is 12.1 Å². The van der Waals surface area contributed by atoms with Gasteiger partial charge in [-0.15, -0.1) is 0 Å². The number of hydrogen-bond donors (Lipinski definition) is 1. The summed E-state index contributed by atoms with van der Waals surface area (Å²) in [6.45, 7) is 4.81. The van der Waals surface area contributed by atoms with Gasteiger partial charge in [0.1, 0.15) is 5.82 Å². The minimum atomic E-state index is -0.685. The summed E-state index contributed by atoms with van der Waals surface area (Å²) in [6, 6.07) is 6.46. The van der Waals surface area contributed by atoms with Crippen molar-refractivity contribution in [3.63, 3.8) is 0 Å². The molecule has 0 bridgehead atoms. The van der Waals surface area contributed by atoms with Crippen molar-refractivity contribution >= 4 is 0 Å². The standard InChI is InChI=1S/C14H18FN3/c1-3-14(16,11-6-5-7-13(15)8-11)12-9-17-18(4-2)10-12/h5-10H,3-4,16H2,1-2H3. The van der Waals surface area contributed by atoms with Gasteiger partial charge in [-0.1, -0.05) is 19.1 Å². The highest BCUT2D eigenvalue weighted by molar-refractivity contribution is 5.35. The summed E-state index contributed by atoms with van der Waals surface area (Å²) in [5.74, 6) is -0.265. The smallest absolute Gasteiger partial charge is 0.123 e. The van der Waals surface area contributed by atoms with Gasteiger partial charge in [-0.05, 0) is 31.0 Å². The topological polar surface area (TPSA) is 43.8 Å². The van der Waals surface area contributed by atoms with Crippen molar-refractivity contribution in [1.29, 1.82) is 0 Å². The van der Waals surface area contributed by atoms with Gasteiger partial charge in [0.2, 0.25) is 0 Å². The lowest BCUT2D eigenvalue weighted by Crippen LogP contribution is -2.37. The van der Waals surface area contributed by atoms with E-state index in [4.69, 9.17) is 5.73 Å². The van der Waals surface area contributed by atoms with Gasteiger partial charge in [-0.2, -0.15) is 5.10 Å². The number of nitrogens with two attached hydrogens (primary N) is 1. The molecule has 1 heterocycles. The molecular weight excluding hydrogens is 229 g/mol. The van der Waals surface area contributed by atoms with E-state index in [9.17, 15) is 4.39 Å². The maximum absolute atomic E-state index is 13.3. The highest BCUT2D eigenvalue weighted by Crippen LogP contribution is 2.30. The first kappa shape index (κ1) is 12.8. The van der Waals surface area contributed by atoms with Gasteiger partial charge in [0.15, 0.2) is 0 Å². The van der Waals surface area contributed by atoms with Crippen molar-refractivity contribution in [2.24, 2.45) is 5.73 Å². The van der Waals surface area contributed by atoms with Crippen LogP contribution in [-0.4, -0.2) is 9.78 Å². The van der Waals surface area contributed by atoms with E-state index in [2.05, 4.69) is 5.10 Å². The first-order valence-electron chi connectivity index (χ1n) is 6.18. The summed E-state index contributed by atoms with van der Waals surface area (Å²) < 4.78 is 15.2. The van der Waals surface area contributed by atoms with E-state index in [1.54, 1.807) is 12.3 Å². The minimum absolute atomic E-state index is 0.265. The van der Waals surface area contributed by atoms with Gasteiger partial charge in [0.05, 0.1) is 11.7 Å². The molecule has 0 spiro atoms. The third-order valence-corrected chi connectivity index (χ3v) is 3.37. The van der Waals surface area contributed by atoms with Crippen LogP contribution in [0.15, 0.2) is 36.7 Å². The third-order valence-electron chi connectivity index (χ3n) is 3.37. The number of aryl methyl sites for hydroxylation is 1. The largest absolute Gasteiger partial charge is 0.318 e. The van der Waals surface area contributed by atoms with Gasteiger partial charge in [-0.25, -0.2) is 4.39 Å². The van der Waals surface area contributed by atoms with E-state index in [-0.39, 0.29) is 5.82 Å². The summed E-state index contributed by atoms with van der Waals surface area (Å²) in [6.07, 6.45) is 4.37. The Morgan fingerprint density at radius 3 is 2.67 bits per heavy atom. The molecular formula is C14H18FN3. The van der Waals surface area contributed by atoms with Crippen LogP contribution >= 0.6 is 0 Å². The van der Waals surface area contributed by atoms with Gasteiger partial charge in [0, 0.05) is 18.3 Å². The van der Waals surface area contributed by atoms with Crippen molar-refractivity contribution in [3.8, 4) is 0 Å². The predicted octanol–water partition coefficient (Wildman–Crippen LogP) is 2.65. The quantitative estimate of drug-likeness (QED) is 0.902. The molecule has 1 aromatic heterocycles. The van der Waals surface area contributed by atoms with Crippen LogP contribution in [0.2, 0.25) is 0 Å². The Labute approximate surface area is 106 Å². The molecule has 3 nitrogen and oxygen atoms in total. The Hall–Kier alpha value is -1.68. The predicted molar refractivity (Wildman–Crippen MR) is 69.6 cm³/mol. The number of halogens is 1. The Balaban J connectivity index is 2.47. The van der Waals surface area contributed by atoms with Crippen molar-refractivity contribution < 1.29 is 4.39 Å². The summed E-state index contributed by atoms with van der Waals surface area (Å²) in [5, 5.41) is 4.24. The molecule has 1 atom stereocenters. The number of aromatic nitrogens is 2. The fourth-order valence-corrected chi connectivity index (χ4v) is 2.11. The van der Waals surface area contributed by atoms with E-state index in [1.807, 2.05) is 30.8 Å². The molecule has 0 radical (unpaired) electrons. The molecule has 2 N–H and O–H groups in total. The zero-order valence-electron chi connectivity index (χ0n) is 10.7. The zero-order chi connectivity index (χ0) is 13.2. The number of rotatable bonds is 4. The summed E-state index contributed by atoms with van der Waals surface area (Å²) in [7, 11) is 0. The Morgan fingerprint density at radius 1 is 1.33 bits per heavy atom. The van der Waals surface area contributed by atoms with Crippen LogP contribution in [0.4, 0.5) is 4.39 Å². The minimum Gasteiger partial charge on any atom is -0.318 e. The van der Waals surface area contributed by atoms with Gasteiger partial charge in [0.25, 0.3) is 0 Å². The van der Waals surface area contributed by atoms with Crippen LogP contribution in [-0.2, 0) is 12.1 Å². The first-order valence-corrected chi connectivity index (χ1v) is 6.18. The summed E-state index contributed by atoms with van der Waals surface area (Å²) >= 11 is 0. The lowest BCUT2D eigenvalue weighted by molar-refractivity contribution is 0.511. The first-order chi connectivity index (χ1) is 8.60. The van der Waals surface area contributed by atoms with Crippen LogP contribution in [0.5, 0.6) is 0 Å². The van der Waals surface area contributed by atoms with Gasteiger partial charge in [-0.3, -0.25) is 4.68 Å². The fraction of sp³-hybridized carbons (Fsp3) is 0.357. The molecule has 0 aliphatic carbocycles. The molecule has 0 aliphatic heterocycles. The average molecular weight is 247 g/mol. The van der Waals surface area contributed by atoms with Crippen LogP contribution < -0.4 is 5.73 Å². The fourth-order valence-electron chi connectivity index (χ4n) is 2.11. The molecule has 96 valence electrons. The zero-order valence-corrected chi connectivity index (χ0v) is 10.7. The van der Waals surface area contributed by atoms with Gasteiger partial charge >= 0.3 is 0 Å². The lowest BCUT2D eigenvalue weighted by atomic mass is 9.83. The van der Waals surface area contributed by atoms with Crippen LogP contribution in [0.1, 0.15) is 31.4 Å². The maximum Gasteiger partial charge on any atom is 0.123 e. The highest BCUT2D eigenvalue weighted by atomic mass is 19.1. The highest BCUT2D eigenvalue weighted by Gasteiger charge is 2.29. The molecule has 2 rings (SSSR count). The molecule has 1 unspecified atom stereocenters. The third kappa shape index (κ3) is 2.16. The molecule has 1 aromatic carbocycles. The number of benzene rings is 1. The Bertz CT molecular complexity index is 535. The molecule has 0 fully saturated rings. The summed E-state index contributed by atoms with van der Waals surface area (Å²) in [4.78, 5) is 0. The lowest BCUT2D eigenvalue weighted by Gasteiger charge is -2.27. The molecule has 0 aliphatic rings. The molecule has 2 aromatic rings. The van der Waals surface area contributed by atoms with Crippen molar-refractivity contribution in [1.82, 2.24) is 9.78 Å².